The topological polar surface area (TPSA) is 101 Å². The zero-order valence-corrected chi connectivity index (χ0v) is 12.6. The Balaban J connectivity index is 2.37. The summed E-state index contributed by atoms with van der Waals surface area (Å²) in [5.41, 5.74) is -0.674. The summed E-state index contributed by atoms with van der Waals surface area (Å²) in [6.45, 7) is 5.18. The molecule has 0 saturated carbocycles. The number of carboxylic acids is 1. The summed E-state index contributed by atoms with van der Waals surface area (Å²) in [4.78, 5) is 40.9. The molecule has 2 aromatic heterocycles. The van der Waals surface area contributed by atoms with E-state index in [1.54, 1.807) is 20.0 Å². The van der Waals surface area contributed by atoms with Gasteiger partial charge in [-0.05, 0) is 12.8 Å². The van der Waals surface area contributed by atoms with Crippen molar-refractivity contribution in [2.45, 2.75) is 26.8 Å². The number of aromatic nitrogens is 2. The fourth-order valence-corrected chi connectivity index (χ4v) is 2.67. The van der Waals surface area contributed by atoms with Crippen molar-refractivity contribution in [1.82, 2.24) is 14.7 Å². The number of nitrogens with zero attached hydrogens (tertiary/aromatic N) is 2. The van der Waals surface area contributed by atoms with E-state index in [0.29, 0.717) is 4.96 Å². The van der Waals surface area contributed by atoms with Gasteiger partial charge in [-0.3, -0.25) is 14.0 Å². The number of hydrogen-bond donors (Lipinski definition) is 2. The molecule has 0 aliphatic rings. The van der Waals surface area contributed by atoms with Gasteiger partial charge in [-0.15, -0.1) is 11.3 Å². The third-order valence-electron chi connectivity index (χ3n) is 2.99. The molecule has 0 fully saturated rings. The molecular weight excluding hydrogens is 294 g/mol. The Morgan fingerprint density at radius 1 is 1.43 bits per heavy atom. The first-order valence-corrected chi connectivity index (χ1v) is 7.14. The Kier molecular flexibility index (Phi) is 4.08. The molecule has 0 radical (unpaired) electrons. The van der Waals surface area contributed by atoms with Crippen molar-refractivity contribution < 1.29 is 14.7 Å². The summed E-state index contributed by atoms with van der Waals surface area (Å²) in [7, 11) is 0. The molecule has 0 aliphatic carbocycles. The van der Waals surface area contributed by atoms with Gasteiger partial charge >= 0.3 is 5.97 Å². The highest BCUT2D eigenvalue weighted by Gasteiger charge is 2.25. The molecule has 0 aliphatic heterocycles. The highest BCUT2D eigenvalue weighted by Crippen LogP contribution is 2.12. The van der Waals surface area contributed by atoms with Crippen LogP contribution in [0.25, 0.3) is 4.96 Å². The van der Waals surface area contributed by atoms with Crippen LogP contribution in [-0.4, -0.2) is 32.4 Å². The van der Waals surface area contributed by atoms with Crippen molar-refractivity contribution in [2.24, 2.45) is 5.92 Å². The number of amides is 1. The molecule has 2 rings (SSSR count). The predicted molar refractivity (Wildman–Crippen MR) is 77.8 cm³/mol. The number of hydrogen-bond acceptors (Lipinski definition) is 5. The van der Waals surface area contributed by atoms with Crippen LogP contribution in [0.15, 0.2) is 17.2 Å². The van der Waals surface area contributed by atoms with E-state index < -0.39 is 23.5 Å². The molecule has 0 unspecified atom stereocenters. The van der Waals surface area contributed by atoms with Crippen LogP contribution in [-0.2, 0) is 4.79 Å². The normalized spacial score (nSPS) is 12.6. The first-order chi connectivity index (χ1) is 9.81. The second-order valence-corrected chi connectivity index (χ2v) is 6.22. The predicted octanol–water partition coefficient (Wildman–Crippen LogP) is 0.903. The minimum absolute atomic E-state index is 0.169. The van der Waals surface area contributed by atoms with E-state index in [1.165, 1.54) is 21.9 Å². The largest absolute Gasteiger partial charge is 0.480 e. The average Bonchev–Trinajstić information content (AvgIpc) is 2.77. The molecule has 112 valence electrons. The summed E-state index contributed by atoms with van der Waals surface area (Å²) >= 11 is 1.34. The van der Waals surface area contributed by atoms with E-state index >= 15 is 0 Å². The number of rotatable bonds is 4. The first kappa shape index (κ1) is 15.2. The minimum Gasteiger partial charge on any atom is -0.480 e. The molecule has 1 amide bonds. The quantitative estimate of drug-likeness (QED) is 0.874. The van der Waals surface area contributed by atoms with Crippen LogP contribution in [0.2, 0.25) is 0 Å². The van der Waals surface area contributed by atoms with Gasteiger partial charge in [0.05, 0.1) is 0 Å². The Labute approximate surface area is 124 Å². The van der Waals surface area contributed by atoms with Gasteiger partial charge in [0.2, 0.25) is 0 Å². The lowest BCUT2D eigenvalue weighted by atomic mass is 10.0. The maximum absolute atomic E-state index is 12.2. The number of nitrogens with one attached hydrogen (secondary N) is 1. The smallest absolute Gasteiger partial charge is 0.326 e. The fourth-order valence-electron chi connectivity index (χ4n) is 1.88. The Bertz CT molecular complexity index is 762. The van der Waals surface area contributed by atoms with Crippen molar-refractivity contribution in [3.8, 4) is 0 Å². The first-order valence-electron chi connectivity index (χ1n) is 6.32. The second-order valence-electron chi connectivity index (χ2n) is 5.00. The third kappa shape index (κ3) is 2.94. The van der Waals surface area contributed by atoms with Crippen LogP contribution in [0.1, 0.15) is 29.1 Å². The number of carbonyl (C=O) groups is 2. The van der Waals surface area contributed by atoms with E-state index in [2.05, 4.69) is 10.3 Å². The maximum Gasteiger partial charge on any atom is 0.326 e. The van der Waals surface area contributed by atoms with Crippen molar-refractivity contribution in [2.75, 3.05) is 0 Å². The zero-order chi connectivity index (χ0) is 15.7. The van der Waals surface area contributed by atoms with Crippen LogP contribution >= 0.6 is 11.3 Å². The zero-order valence-electron chi connectivity index (χ0n) is 11.8. The Morgan fingerprint density at radius 2 is 2.10 bits per heavy atom. The SMILES string of the molecule is Cc1cn2c(=O)c(C(=O)N[C@@H](C(=O)O)C(C)C)cnc2s1. The summed E-state index contributed by atoms with van der Waals surface area (Å²) in [5, 5.41) is 11.4. The molecule has 21 heavy (non-hydrogen) atoms. The Morgan fingerprint density at radius 3 is 2.67 bits per heavy atom. The highest BCUT2D eigenvalue weighted by molar-refractivity contribution is 7.16. The summed E-state index contributed by atoms with van der Waals surface area (Å²) in [5.74, 6) is -2.17. The summed E-state index contributed by atoms with van der Waals surface area (Å²) in [6, 6.07) is -1.05. The van der Waals surface area contributed by atoms with Crippen LogP contribution in [0.3, 0.4) is 0 Å². The number of aliphatic carboxylic acids is 1. The number of carbonyl (C=O) groups excluding carboxylic acids is 1. The summed E-state index contributed by atoms with van der Waals surface area (Å²) < 4.78 is 1.29. The average molecular weight is 309 g/mol. The van der Waals surface area contributed by atoms with Gasteiger partial charge in [0, 0.05) is 17.3 Å². The molecule has 1 atom stereocenters. The number of thiazole rings is 1. The van der Waals surface area contributed by atoms with Gasteiger partial charge in [0.1, 0.15) is 11.6 Å². The van der Waals surface area contributed by atoms with Gasteiger partial charge in [0.25, 0.3) is 11.5 Å². The monoisotopic (exact) mass is 309 g/mol. The number of aryl methyl sites for hydroxylation is 1. The second kappa shape index (κ2) is 5.65. The third-order valence-corrected chi connectivity index (χ3v) is 3.90. The lowest BCUT2D eigenvalue weighted by Crippen LogP contribution is -2.45. The van der Waals surface area contributed by atoms with E-state index in [1.807, 2.05) is 6.92 Å². The lowest BCUT2D eigenvalue weighted by molar-refractivity contribution is -0.140. The van der Waals surface area contributed by atoms with Gasteiger partial charge in [-0.2, -0.15) is 0 Å². The molecule has 2 N–H and O–H groups in total. The van der Waals surface area contributed by atoms with Gasteiger partial charge in [-0.25, -0.2) is 9.78 Å². The van der Waals surface area contributed by atoms with Crippen molar-refractivity contribution in [1.29, 1.82) is 0 Å². The number of fused-ring (bicyclic) bond motifs is 1. The van der Waals surface area contributed by atoms with E-state index in [-0.39, 0.29) is 11.5 Å². The molecular formula is C13H15N3O4S. The van der Waals surface area contributed by atoms with Crippen molar-refractivity contribution in [3.05, 3.63) is 33.2 Å². The molecule has 0 aromatic carbocycles. The molecule has 7 nitrogen and oxygen atoms in total. The molecule has 8 heteroatoms. The molecule has 2 heterocycles. The molecule has 0 saturated heterocycles. The van der Waals surface area contributed by atoms with Crippen molar-refractivity contribution >= 4 is 28.2 Å². The standard InChI is InChI=1S/C13H15N3O4S/c1-6(2)9(12(19)20)15-10(17)8-4-14-13-16(11(8)18)5-7(3)21-13/h4-6,9H,1-3H3,(H,15,17)(H,19,20)/t9-/m1/s1. The highest BCUT2D eigenvalue weighted by atomic mass is 32.1. The Hall–Kier alpha value is -2.22. The number of carboxylic acid groups (broad SMARTS) is 1. The van der Waals surface area contributed by atoms with Gasteiger partial charge in [-0.1, -0.05) is 13.8 Å². The minimum atomic E-state index is -1.14. The van der Waals surface area contributed by atoms with Gasteiger partial charge < -0.3 is 10.4 Å². The van der Waals surface area contributed by atoms with E-state index in [0.717, 1.165) is 4.88 Å². The van der Waals surface area contributed by atoms with Crippen LogP contribution < -0.4 is 10.9 Å². The summed E-state index contributed by atoms with van der Waals surface area (Å²) in [6.07, 6.45) is 2.78. The van der Waals surface area contributed by atoms with E-state index in [4.69, 9.17) is 5.11 Å². The van der Waals surface area contributed by atoms with Crippen LogP contribution in [0.4, 0.5) is 0 Å². The molecule has 0 spiro atoms. The maximum atomic E-state index is 12.2. The van der Waals surface area contributed by atoms with E-state index in [9.17, 15) is 14.4 Å². The van der Waals surface area contributed by atoms with Crippen molar-refractivity contribution in [3.63, 3.8) is 0 Å². The lowest BCUT2D eigenvalue weighted by Gasteiger charge is -2.17. The molecule has 2 aromatic rings. The fraction of sp³-hybridized carbons (Fsp3) is 0.385. The molecule has 0 bridgehead atoms. The van der Waals surface area contributed by atoms with Gasteiger partial charge in [0.15, 0.2) is 4.96 Å². The van der Waals surface area contributed by atoms with Crippen LogP contribution in [0, 0.1) is 12.8 Å². The van der Waals surface area contributed by atoms with Crippen LogP contribution in [0.5, 0.6) is 0 Å².